The number of carbonyl (C=O) groups excluding carboxylic acids is 1. The average molecular weight is 310 g/mol. The molecule has 2 aliphatic rings. The van der Waals surface area contributed by atoms with Crippen molar-refractivity contribution in [2.75, 3.05) is 36.9 Å². The summed E-state index contributed by atoms with van der Waals surface area (Å²) in [6.07, 6.45) is 4.27. The molecule has 3 N–H and O–H groups in total. The van der Waals surface area contributed by atoms with E-state index in [0.29, 0.717) is 23.9 Å². The SMILES string of the molecule is CCC1(NC(=O)c2sc(N3CCOCC3)nc2N)CCC1. The van der Waals surface area contributed by atoms with E-state index in [1.54, 1.807) is 0 Å². The minimum Gasteiger partial charge on any atom is -0.382 e. The maximum absolute atomic E-state index is 12.5. The van der Waals surface area contributed by atoms with Crippen LogP contribution in [0.1, 0.15) is 42.3 Å². The summed E-state index contributed by atoms with van der Waals surface area (Å²) in [4.78, 5) is 19.5. The van der Waals surface area contributed by atoms with E-state index in [-0.39, 0.29) is 11.4 Å². The summed E-state index contributed by atoms with van der Waals surface area (Å²) in [5.41, 5.74) is 5.93. The summed E-state index contributed by atoms with van der Waals surface area (Å²) in [7, 11) is 0. The summed E-state index contributed by atoms with van der Waals surface area (Å²) < 4.78 is 5.33. The van der Waals surface area contributed by atoms with Crippen LogP contribution in [0.5, 0.6) is 0 Å². The van der Waals surface area contributed by atoms with Crippen molar-refractivity contribution in [3.63, 3.8) is 0 Å². The number of amides is 1. The number of carbonyl (C=O) groups is 1. The zero-order valence-electron chi connectivity index (χ0n) is 12.4. The number of nitrogens with one attached hydrogen (secondary N) is 1. The van der Waals surface area contributed by atoms with E-state index < -0.39 is 0 Å². The molecule has 1 aliphatic heterocycles. The molecule has 6 nitrogen and oxygen atoms in total. The van der Waals surface area contributed by atoms with Crippen LogP contribution in [0.4, 0.5) is 10.9 Å². The van der Waals surface area contributed by atoms with E-state index in [4.69, 9.17) is 10.5 Å². The molecular weight excluding hydrogens is 288 g/mol. The number of aromatic nitrogens is 1. The molecule has 0 spiro atoms. The Morgan fingerprint density at radius 1 is 1.48 bits per heavy atom. The first-order chi connectivity index (χ1) is 10.1. The van der Waals surface area contributed by atoms with E-state index in [9.17, 15) is 4.79 Å². The highest BCUT2D eigenvalue weighted by Gasteiger charge is 2.37. The first-order valence-corrected chi connectivity index (χ1v) is 8.37. The Labute approximate surface area is 128 Å². The Morgan fingerprint density at radius 2 is 2.19 bits per heavy atom. The first-order valence-electron chi connectivity index (χ1n) is 7.55. The smallest absolute Gasteiger partial charge is 0.265 e. The molecule has 1 saturated heterocycles. The predicted octanol–water partition coefficient (Wildman–Crippen LogP) is 1.62. The van der Waals surface area contributed by atoms with Crippen molar-refractivity contribution >= 4 is 28.2 Å². The second-order valence-electron chi connectivity index (χ2n) is 5.75. The molecule has 0 unspecified atom stereocenters. The summed E-state index contributed by atoms with van der Waals surface area (Å²) in [6, 6.07) is 0. The molecule has 1 amide bonds. The van der Waals surface area contributed by atoms with Gasteiger partial charge in [-0.3, -0.25) is 4.79 Å². The van der Waals surface area contributed by atoms with Gasteiger partial charge in [-0.05, 0) is 25.7 Å². The number of anilines is 2. The minimum absolute atomic E-state index is 0.0212. The van der Waals surface area contributed by atoms with E-state index in [1.165, 1.54) is 17.8 Å². The van der Waals surface area contributed by atoms with Gasteiger partial charge < -0.3 is 20.7 Å². The minimum atomic E-state index is -0.0777. The monoisotopic (exact) mass is 310 g/mol. The molecule has 116 valence electrons. The van der Waals surface area contributed by atoms with Crippen molar-refractivity contribution in [3.8, 4) is 0 Å². The molecule has 3 rings (SSSR count). The number of rotatable bonds is 4. The Hall–Kier alpha value is -1.34. The van der Waals surface area contributed by atoms with Crippen molar-refractivity contribution in [2.24, 2.45) is 0 Å². The Balaban J connectivity index is 1.72. The van der Waals surface area contributed by atoms with E-state index >= 15 is 0 Å². The molecule has 0 radical (unpaired) electrons. The van der Waals surface area contributed by atoms with E-state index in [0.717, 1.165) is 37.5 Å². The van der Waals surface area contributed by atoms with Gasteiger partial charge >= 0.3 is 0 Å². The number of nitrogens with zero attached hydrogens (tertiary/aromatic N) is 2. The van der Waals surface area contributed by atoms with Crippen molar-refractivity contribution in [2.45, 2.75) is 38.1 Å². The Kier molecular flexibility index (Phi) is 4.03. The van der Waals surface area contributed by atoms with Crippen LogP contribution in [-0.4, -0.2) is 42.7 Å². The second-order valence-corrected chi connectivity index (χ2v) is 6.73. The fourth-order valence-electron chi connectivity index (χ4n) is 2.84. The zero-order chi connectivity index (χ0) is 14.9. The fraction of sp³-hybridized carbons (Fsp3) is 0.714. The van der Waals surface area contributed by atoms with Crippen LogP contribution in [0, 0.1) is 0 Å². The summed E-state index contributed by atoms with van der Waals surface area (Å²) in [5, 5.41) is 3.98. The summed E-state index contributed by atoms with van der Waals surface area (Å²) >= 11 is 1.38. The number of nitrogens with two attached hydrogens (primary N) is 1. The first kappa shape index (κ1) is 14.6. The molecule has 2 heterocycles. The maximum Gasteiger partial charge on any atom is 0.265 e. The molecule has 21 heavy (non-hydrogen) atoms. The van der Waals surface area contributed by atoms with Crippen LogP contribution in [0.3, 0.4) is 0 Å². The number of thiazole rings is 1. The lowest BCUT2D eigenvalue weighted by Crippen LogP contribution is -2.52. The Bertz CT molecular complexity index is 516. The molecule has 1 aliphatic carbocycles. The third kappa shape index (κ3) is 2.85. The summed E-state index contributed by atoms with van der Waals surface area (Å²) in [5.74, 6) is 0.260. The van der Waals surface area contributed by atoms with Crippen LogP contribution in [-0.2, 0) is 4.74 Å². The summed E-state index contributed by atoms with van der Waals surface area (Å²) in [6.45, 7) is 5.11. The standard InChI is InChI=1S/C14H22N4O2S/c1-2-14(4-3-5-14)17-12(19)10-11(15)16-13(21-10)18-6-8-20-9-7-18/h2-9,15H2,1H3,(H,17,19). The third-order valence-electron chi connectivity index (χ3n) is 4.50. The molecule has 7 heteroatoms. The van der Waals surface area contributed by atoms with Crippen LogP contribution < -0.4 is 16.0 Å². The normalized spacial score (nSPS) is 20.9. The van der Waals surface area contributed by atoms with Crippen LogP contribution in [0.2, 0.25) is 0 Å². The van der Waals surface area contributed by atoms with Gasteiger partial charge in [0, 0.05) is 18.6 Å². The molecule has 1 aromatic heterocycles. The number of morpholine rings is 1. The predicted molar refractivity (Wildman–Crippen MR) is 83.9 cm³/mol. The highest BCUT2D eigenvalue weighted by atomic mass is 32.1. The number of hydrogen-bond donors (Lipinski definition) is 2. The fourth-order valence-corrected chi connectivity index (χ4v) is 3.77. The van der Waals surface area contributed by atoms with Gasteiger partial charge in [0.15, 0.2) is 5.13 Å². The van der Waals surface area contributed by atoms with E-state index in [2.05, 4.69) is 22.1 Å². The van der Waals surface area contributed by atoms with Crippen LogP contribution in [0.25, 0.3) is 0 Å². The van der Waals surface area contributed by atoms with Crippen LogP contribution >= 0.6 is 11.3 Å². The quantitative estimate of drug-likeness (QED) is 0.883. The largest absolute Gasteiger partial charge is 0.382 e. The molecule has 2 fully saturated rings. The van der Waals surface area contributed by atoms with Crippen molar-refractivity contribution in [3.05, 3.63) is 4.88 Å². The number of hydrogen-bond acceptors (Lipinski definition) is 6. The van der Waals surface area contributed by atoms with Crippen LogP contribution in [0.15, 0.2) is 0 Å². The van der Waals surface area contributed by atoms with Crippen molar-refractivity contribution < 1.29 is 9.53 Å². The van der Waals surface area contributed by atoms with Gasteiger partial charge in [0.25, 0.3) is 5.91 Å². The third-order valence-corrected chi connectivity index (χ3v) is 5.63. The number of nitrogen functional groups attached to an aromatic ring is 1. The lowest BCUT2D eigenvalue weighted by Gasteiger charge is -2.41. The van der Waals surface area contributed by atoms with Gasteiger partial charge in [0.2, 0.25) is 0 Å². The maximum atomic E-state index is 12.5. The van der Waals surface area contributed by atoms with Gasteiger partial charge in [-0.15, -0.1) is 0 Å². The highest BCUT2D eigenvalue weighted by Crippen LogP contribution is 2.36. The van der Waals surface area contributed by atoms with Gasteiger partial charge in [0.05, 0.1) is 13.2 Å². The van der Waals surface area contributed by atoms with Gasteiger partial charge in [-0.25, -0.2) is 4.98 Å². The highest BCUT2D eigenvalue weighted by molar-refractivity contribution is 7.18. The second kappa shape index (κ2) is 5.81. The molecule has 1 aromatic rings. The Morgan fingerprint density at radius 3 is 2.76 bits per heavy atom. The average Bonchev–Trinajstić information content (AvgIpc) is 2.86. The van der Waals surface area contributed by atoms with Gasteiger partial charge in [-0.2, -0.15) is 0 Å². The van der Waals surface area contributed by atoms with E-state index in [1.807, 2.05) is 0 Å². The topological polar surface area (TPSA) is 80.5 Å². The molecular formula is C14H22N4O2S. The lowest BCUT2D eigenvalue weighted by atomic mass is 9.75. The zero-order valence-corrected chi connectivity index (χ0v) is 13.2. The lowest BCUT2D eigenvalue weighted by molar-refractivity contribution is 0.0825. The van der Waals surface area contributed by atoms with Gasteiger partial charge in [-0.1, -0.05) is 18.3 Å². The number of ether oxygens (including phenoxy) is 1. The van der Waals surface area contributed by atoms with Crippen molar-refractivity contribution in [1.82, 2.24) is 10.3 Å². The molecule has 1 saturated carbocycles. The van der Waals surface area contributed by atoms with Gasteiger partial charge in [0.1, 0.15) is 10.7 Å². The molecule has 0 bridgehead atoms. The van der Waals surface area contributed by atoms with Crippen molar-refractivity contribution in [1.29, 1.82) is 0 Å². The molecule has 0 aromatic carbocycles. The molecule has 0 atom stereocenters.